The first-order valence-corrected chi connectivity index (χ1v) is 8.68. The number of Topliss-reactive ketones (excluding diaryl/α,β-unsaturated/α-hetero) is 1. The lowest BCUT2D eigenvalue weighted by molar-refractivity contribution is -0.133. The van der Waals surface area contributed by atoms with E-state index >= 15 is 0 Å². The first-order chi connectivity index (χ1) is 12.2. The number of nitrogens with zero attached hydrogens (tertiary/aromatic N) is 1. The normalized spacial score (nSPS) is 15.8. The third-order valence-corrected chi connectivity index (χ3v) is 4.68. The number of rotatable bonds is 6. The molecule has 1 aliphatic rings. The Kier molecular flexibility index (Phi) is 5.17. The van der Waals surface area contributed by atoms with E-state index in [-0.39, 0.29) is 24.0 Å². The van der Waals surface area contributed by atoms with Crippen LogP contribution in [0, 0.1) is 0 Å². The van der Waals surface area contributed by atoms with E-state index in [2.05, 4.69) is 6.92 Å². The number of ketones is 1. The van der Waals surface area contributed by atoms with Gasteiger partial charge < -0.3 is 9.64 Å². The zero-order chi connectivity index (χ0) is 17.8. The minimum atomic E-state index is -0.370. The molecule has 0 unspecified atom stereocenters. The summed E-state index contributed by atoms with van der Waals surface area (Å²) in [6.07, 6.45) is 1.13. The molecule has 1 aliphatic carbocycles. The Balaban J connectivity index is 1.86. The zero-order valence-corrected chi connectivity index (χ0v) is 14.7. The maximum Gasteiger partial charge on any atom is 0.230 e. The number of para-hydroxylation sites is 1. The van der Waals surface area contributed by atoms with E-state index in [0.29, 0.717) is 18.7 Å². The molecule has 4 heteroatoms. The van der Waals surface area contributed by atoms with Gasteiger partial charge in [0.1, 0.15) is 5.75 Å². The molecule has 1 atom stereocenters. The van der Waals surface area contributed by atoms with Gasteiger partial charge in [0.15, 0.2) is 5.78 Å². The van der Waals surface area contributed by atoms with Gasteiger partial charge in [0.05, 0.1) is 13.0 Å². The fourth-order valence-corrected chi connectivity index (χ4v) is 3.48. The third kappa shape index (κ3) is 3.43. The van der Waals surface area contributed by atoms with Gasteiger partial charge in [-0.05, 0) is 18.1 Å². The molecule has 130 valence electrons. The number of hydrogen-bond donors (Lipinski definition) is 0. The molecule has 0 fully saturated rings. The summed E-state index contributed by atoms with van der Waals surface area (Å²) in [6.45, 7) is 3.20. The van der Waals surface area contributed by atoms with Crippen LogP contribution in [0.3, 0.4) is 0 Å². The molecule has 0 saturated carbocycles. The first kappa shape index (κ1) is 17.2. The maximum atomic E-state index is 13.2. The van der Waals surface area contributed by atoms with Gasteiger partial charge in [-0.15, -0.1) is 0 Å². The van der Waals surface area contributed by atoms with Crippen molar-refractivity contribution >= 4 is 11.7 Å². The molecule has 25 heavy (non-hydrogen) atoms. The molecule has 0 aromatic heterocycles. The number of hydrogen-bond acceptors (Lipinski definition) is 3. The average molecular weight is 337 g/mol. The van der Waals surface area contributed by atoms with Gasteiger partial charge in [-0.2, -0.15) is 0 Å². The molecule has 2 aromatic rings. The monoisotopic (exact) mass is 337 g/mol. The van der Waals surface area contributed by atoms with Crippen molar-refractivity contribution in [1.29, 1.82) is 0 Å². The predicted molar refractivity (Wildman–Crippen MR) is 96.8 cm³/mol. The standard InChI is InChI=1S/C21H23NO3/c1-3-12-22(14-15-8-4-7-11-20(15)25-2)21(24)18-13-19(23)17-10-6-5-9-16(17)18/h4-11,18H,3,12-14H2,1-2H3/t18-/m1/s1. The van der Waals surface area contributed by atoms with E-state index in [1.165, 1.54) is 0 Å². The molecule has 0 heterocycles. The summed E-state index contributed by atoms with van der Waals surface area (Å²) in [5.74, 6) is 0.484. The fraction of sp³-hybridized carbons (Fsp3) is 0.333. The van der Waals surface area contributed by atoms with Gasteiger partial charge in [0.2, 0.25) is 5.91 Å². The number of benzene rings is 2. The highest BCUT2D eigenvalue weighted by Crippen LogP contribution is 2.35. The van der Waals surface area contributed by atoms with E-state index in [0.717, 1.165) is 23.3 Å². The minimum absolute atomic E-state index is 0.0195. The van der Waals surface area contributed by atoms with Crippen LogP contribution in [-0.4, -0.2) is 30.2 Å². The van der Waals surface area contributed by atoms with E-state index in [1.807, 2.05) is 53.4 Å². The van der Waals surface area contributed by atoms with Crippen LogP contribution in [-0.2, 0) is 11.3 Å². The molecule has 0 saturated heterocycles. The molecular weight excluding hydrogens is 314 g/mol. The smallest absolute Gasteiger partial charge is 0.230 e. The van der Waals surface area contributed by atoms with Crippen LogP contribution >= 0.6 is 0 Å². The Hall–Kier alpha value is -2.62. The second-order valence-corrected chi connectivity index (χ2v) is 6.34. The van der Waals surface area contributed by atoms with Crippen molar-refractivity contribution in [3.63, 3.8) is 0 Å². The molecule has 0 aliphatic heterocycles. The number of carbonyl (C=O) groups excluding carboxylic acids is 2. The SMILES string of the molecule is CCCN(Cc1ccccc1OC)C(=O)[C@@H]1CC(=O)c2ccccc21. The first-order valence-electron chi connectivity index (χ1n) is 8.68. The molecule has 0 N–H and O–H groups in total. The summed E-state index contributed by atoms with van der Waals surface area (Å²) >= 11 is 0. The Bertz CT molecular complexity index is 784. The van der Waals surface area contributed by atoms with Crippen LogP contribution in [0.2, 0.25) is 0 Å². The number of amides is 1. The summed E-state index contributed by atoms with van der Waals surface area (Å²) in [7, 11) is 1.64. The van der Waals surface area contributed by atoms with E-state index in [4.69, 9.17) is 4.74 Å². The van der Waals surface area contributed by atoms with Crippen molar-refractivity contribution in [3.05, 3.63) is 65.2 Å². The van der Waals surface area contributed by atoms with Crippen LogP contribution in [0.15, 0.2) is 48.5 Å². The summed E-state index contributed by atoms with van der Waals surface area (Å²) < 4.78 is 5.41. The summed E-state index contributed by atoms with van der Waals surface area (Å²) in [5.41, 5.74) is 2.53. The van der Waals surface area contributed by atoms with E-state index in [9.17, 15) is 9.59 Å². The Morgan fingerprint density at radius 3 is 2.64 bits per heavy atom. The second kappa shape index (κ2) is 7.51. The molecule has 4 nitrogen and oxygen atoms in total. The van der Waals surface area contributed by atoms with Crippen LogP contribution < -0.4 is 4.74 Å². The maximum absolute atomic E-state index is 13.2. The molecule has 2 aromatic carbocycles. The van der Waals surface area contributed by atoms with Crippen LogP contribution in [0.1, 0.15) is 47.2 Å². The number of methoxy groups -OCH3 is 1. The second-order valence-electron chi connectivity index (χ2n) is 6.34. The van der Waals surface area contributed by atoms with Gasteiger partial charge in [0, 0.05) is 30.6 Å². The van der Waals surface area contributed by atoms with Gasteiger partial charge in [0.25, 0.3) is 0 Å². The minimum Gasteiger partial charge on any atom is -0.496 e. The fourth-order valence-electron chi connectivity index (χ4n) is 3.48. The van der Waals surface area contributed by atoms with Crippen LogP contribution in [0.25, 0.3) is 0 Å². The molecule has 0 spiro atoms. The summed E-state index contributed by atoms with van der Waals surface area (Å²) in [4.78, 5) is 27.3. The van der Waals surface area contributed by atoms with Crippen molar-refractivity contribution in [3.8, 4) is 5.75 Å². The van der Waals surface area contributed by atoms with Gasteiger partial charge in [-0.25, -0.2) is 0 Å². The average Bonchev–Trinajstić information content (AvgIpc) is 2.98. The zero-order valence-electron chi connectivity index (χ0n) is 14.7. The highest BCUT2D eigenvalue weighted by Gasteiger charge is 2.36. The lowest BCUT2D eigenvalue weighted by Gasteiger charge is -2.26. The largest absolute Gasteiger partial charge is 0.496 e. The summed E-state index contributed by atoms with van der Waals surface area (Å²) in [5, 5.41) is 0. The van der Waals surface area contributed by atoms with Crippen molar-refractivity contribution in [2.45, 2.75) is 32.2 Å². The Morgan fingerprint density at radius 2 is 1.88 bits per heavy atom. The van der Waals surface area contributed by atoms with Crippen molar-refractivity contribution in [2.75, 3.05) is 13.7 Å². The predicted octanol–water partition coefficient (Wildman–Crippen LogP) is 3.80. The Labute approximate surface area is 148 Å². The topological polar surface area (TPSA) is 46.6 Å². The van der Waals surface area contributed by atoms with Crippen LogP contribution in [0.5, 0.6) is 5.75 Å². The molecule has 0 radical (unpaired) electrons. The molecular formula is C21H23NO3. The van der Waals surface area contributed by atoms with Gasteiger partial charge in [-0.1, -0.05) is 49.4 Å². The lowest BCUT2D eigenvalue weighted by Crippen LogP contribution is -2.35. The van der Waals surface area contributed by atoms with E-state index < -0.39 is 0 Å². The van der Waals surface area contributed by atoms with Crippen LogP contribution in [0.4, 0.5) is 0 Å². The number of carbonyl (C=O) groups is 2. The molecule has 0 bridgehead atoms. The molecule has 3 rings (SSSR count). The van der Waals surface area contributed by atoms with Crippen molar-refractivity contribution in [1.82, 2.24) is 4.90 Å². The highest BCUT2D eigenvalue weighted by molar-refractivity contribution is 6.06. The molecule has 1 amide bonds. The quantitative estimate of drug-likeness (QED) is 0.805. The lowest BCUT2D eigenvalue weighted by atomic mass is 9.99. The number of fused-ring (bicyclic) bond motifs is 1. The summed E-state index contributed by atoms with van der Waals surface area (Å²) in [6, 6.07) is 15.2. The van der Waals surface area contributed by atoms with Gasteiger partial charge >= 0.3 is 0 Å². The highest BCUT2D eigenvalue weighted by atomic mass is 16.5. The van der Waals surface area contributed by atoms with Crippen molar-refractivity contribution < 1.29 is 14.3 Å². The Morgan fingerprint density at radius 1 is 1.16 bits per heavy atom. The van der Waals surface area contributed by atoms with E-state index in [1.54, 1.807) is 7.11 Å². The number of ether oxygens (including phenoxy) is 1. The third-order valence-electron chi connectivity index (χ3n) is 4.68. The van der Waals surface area contributed by atoms with Crippen molar-refractivity contribution in [2.24, 2.45) is 0 Å². The van der Waals surface area contributed by atoms with Gasteiger partial charge in [-0.3, -0.25) is 9.59 Å².